The third-order valence-corrected chi connectivity index (χ3v) is 6.78. The number of rotatable bonds is 6. The Morgan fingerprint density at radius 1 is 1.34 bits per heavy atom. The number of carbonyl (C=O) groups is 1. The highest BCUT2D eigenvalue weighted by molar-refractivity contribution is 7.87. The molecular formula is C19H27N5O4S. The standard InChI is InChI=1S/C19H27N5O4S/c1-5-24-12-16(13(2)21-24)17-10-18(23(3)29(26,27)22-17)19(25)20-11-14-6-8-15(28-4)9-7-14/h6-9,12,17-18,22H,5,10-11H2,1-4H3,(H,20,25). The van der Waals surface area contributed by atoms with E-state index in [2.05, 4.69) is 15.1 Å². The van der Waals surface area contributed by atoms with E-state index in [4.69, 9.17) is 4.74 Å². The maximum atomic E-state index is 12.8. The van der Waals surface area contributed by atoms with Crippen LogP contribution in [0.25, 0.3) is 0 Å². The molecule has 1 aliphatic heterocycles. The summed E-state index contributed by atoms with van der Waals surface area (Å²) in [4.78, 5) is 12.8. The minimum Gasteiger partial charge on any atom is -0.497 e. The Bertz CT molecular complexity index is 971. The molecule has 9 nitrogen and oxygen atoms in total. The van der Waals surface area contributed by atoms with Crippen molar-refractivity contribution in [3.05, 3.63) is 47.3 Å². The van der Waals surface area contributed by atoms with Gasteiger partial charge in [-0.1, -0.05) is 12.1 Å². The van der Waals surface area contributed by atoms with Crippen LogP contribution in [0.2, 0.25) is 0 Å². The number of aromatic nitrogens is 2. The summed E-state index contributed by atoms with van der Waals surface area (Å²) in [6.45, 7) is 4.79. The molecule has 1 aromatic heterocycles. The highest BCUT2D eigenvalue weighted by atomic mass is 32.2. The number of likely N-dealkylation sites (N-methyl/N-ethyl adjacent to an activating group) is 1. The molecule has 2 aromatic rings. The molecule has 1 aromatic carbocycles. The van der Waals surface area contributed by atoms with Crippen LogP contribution < -0.4 is 14.8 Å². The fourth-order valence-electron chi connectivity index (χ4n) is 3.40. The van der Waals surface area contributed by atoms with Crippen LogP contribution in [0.5, 0.6) is 5.75 Å². The minimum absolute atomic E-state index is 0.304. The zero-order valence-electron chi connectivity index (χ0n) is 17.0. The lowest BCUT2D eigenvalue weighted by molar-refractivity contribution is -0.125. The Morgan fingerprint density at radius 3 is 2.62 bits per heavy atom. The highest BCUT2D eigenvalue weighted by Gasteiger charge is 2.41. The summed E-state index contributed by atoms with van der Waals surface area (Å²) in [5, 5.41) is 7.23. The van der Waals surface area contributed by atoms with Crippen LogP contribution >= 0.6 is 0 Å². The zero-order valence-corrected chi connectivity index (χ0v) is 17.9. The first-order chi connectivity index (χ1) is 13.7. The van der Waals surface area contributed by atoms with Crippen LogP contribution in [-0.2, 0) is 28.1 Å². The third-order valence-electron chi connectivity index (χ3n) is 5.18. The molecule has 0 saturated carbocycles. The lowest BCUT2D eigenvalue weighted by Crippen LogP contribution is -2.57. The number of amides is 1. The molecule has 0 aliphatic carbocycles. The van der Waals surface area contributed by atoms with Crippen molar-refractivity contribution in [1.29, 1.82) is 0 Å². The summed E-state index contributed by atoms with van der Waals surface area (Å²) in [5.41, 5.74) is 2.44. The molecule has 2 N–H and O–H groups in total. The van der Waals surface area contributed by atoms with E-state index in [9.17, 15) is 13.2 Å². The highest BCUT2D eigenvalue weighted by Crippen LogP contribution is 2.29. The summed E-state index contributed by atoms with van der Waals surface area (Å²) in [5.74, 6) is 0.397. The predicted molar refractivity (Wildman–Crippen MR) is 108 cm³/mol. The summed E-state index contributed by atoms with van der Waals surface area (Å²) in [6, 6.07) is 6.02. The van der Waals surface area contributed by atoms with Crippen molar-refractivity contribution in [2.75, 3.05) is 14.2 Å². The number of benzene rings is 1. The first kappa shape index (κ1) is 21.3. The first-order valence-corrected chi connectivity index (χ1v) is 10.9. The number of methoxy groups -OCH3 is 1. The van der Waals surface area contributed by atoms with Gasteiger partial charge in [0.2, 0.25) is 5.91 Å². The third kappa shape index (κ3) is 4.60. The topological polar surface area (TPSA) is 106 Å². The molecule has 1 aliphatic rings. The molecule has 2 heterocycles. The van der Waals surface area contributed by atoms with E-state index in [1.165, 1.54) is 7.05 Å². The molecule has 10 heteroatoms. The molecule has 1 fully saturated rings. The van der Waals surface area contributed by atoms with Gasteiger partial charge in [-0.25, -0.2) is 0 Å². The van der Waals surface area contributed by atoms with E-state index in [1.807, 2.05) is 44.3 Å². The lowest BCUT2D eigenvalue weighted by Gasteiger charge is -2.36. The quantitative estimate of drug-likeness (QED) is 0.727. The number of nitrogens with one attached hydrogen (secondary N) is 2. The Kier molecular flexibility index (Phi) is 6.25. The molecule has 0 spiro atoms. The minimum atomic E-state index is -3.79. The van der Waals surface area contributed by atoms with E-state index < -0.39 is 22.3 Å². The van der Waals surface area contributed by atoms with Crippen LogP contribution in [0.1, 0.15) is 36.2 Å². The summed E-state index contributed by atoms with van der Waals surface area (Å²) in [6.07, 6.45) is 2.15. The van der Waals surface area contributed by atoms with Gasteiger partial charge in [0.1, 0.15) is 11.8 Å². The van der Waals surface area contributed by atoms with Crippen molar-refractivity contribution in [3.63, 3.8) is 0 Å². The summed E-state index contributed by atoms with van der Waals surface area (Å²) < 4.78 is 35.8. The van der Waals surface area contributed by atoms with Gasteiger partial charge in [-0.3, -0.25) is 9.48 Å². The molecule has 0 radical (unpaired) electrons. The monoisotopic (exact) mass is 421 g/mol. The van der Waals surface area contributed by atoms with E-state index in [-0.39, 0.29) is 5.91 Å². The molecule has 2 atom stereocenters. The Morgan fingerprint density at radius 2 is 2.03 bits per heavy atom. The van der Waals surface area contributed by atoms with E-state index in [1.54, 1.807) is 11.8 Å². The smallest absolute Gasteiger partial charge is 0.280 e. The van der Waals surface area contributed by atoms with Crippen molar-refractivity contribution in [1.82, 2.24) is 24.1 Å². The second-order valence-corrected chi connectivity index (χ2v) is 8.80. The average Bonchev–Trinajstić information content (AvgIpc) is 3.09. The first-order valence-electron chi connectivity index (χ1n) is 9.45. The number of nitrogens with zero attached hydrogens (tertiary/aromatic N) is 3. The number of ether oxygens (including phenoxy) is 1. The Balaban J connectivity index is 1.75. The fourth-order valence-corrected chi connectivity index (χ4v) is 4.67. The second kappa shape index (κ2) is 8.52. The molecule has 0 bridgehead atoms. The lowest BCUT2D eigenvalue weighted by atomic mass is 10.00. The molecule has 1 amide bonds. The number of aryl methyl sites for hydroxylation is 2. The fraction of sp³-hybridized carbons (Fsp3) is 0.474. The van der Waals surface area contributed by atoms with Crippen molar-refractivity contribution in [3.8, 4) is 5.75 Å². The maximum Gasteiger partial charge on any atom is 0.280 e. The van der Waals surface area contributed by atoms with Gasteiger partial charge in [0.25, 0.3) is 10.2 Å². The van der Waals surface area contributed by atoms with Gasteiger partial charge in [-0.2, -0.15) is 22.5 Å². The van der Waals surface area contributed by atoms with E-state index >= 15 is 0 Å². The molecular weight excluding hydrogens is 394 g/mol. The van der Waals surface area contributed by atoms with Gasteiger partial charge in [0.15, 0.2) is 0 Å². The van der Waals surface area contributed by atoms with Gasteiger partial charge in [0.05, 0.1) is 18.8 Å². The van der Waals surface area contributed by atoms with Crippen LogP contribution in [0.15, 0.2) is 30.5 Å². The van der Waals surface area contributed by atoms with Crippen molar-refractivity contribution in [2.24, 2.45) is 0 Å². The normalized spacial score (nSPS) is 21.7. The number of hydrogen-bond acceptors (Lipinski definition) is 5. The molecule has 29 heavy (non-hydrogen) atoms. The SMILES string of the molecule is CCn1cc(C2CC(C(=O)NCc3ccc(OC)cc3)N(C)S(=O)(=O)N2)c(C)n1. The van der Waals surface area contributed by atoms with E-state index in [0.717, 1.165) is 26.9 Å². The van der Waals surface area contributed by atoms with Crippen LogP contribution in [0, 0.1) is 6.92 Å². The molecule has 1 saturated heterocycles. The molecule has 3 rings (SSSR count). The number of hydrogen-bond donors (Lipinski definition) is 2. The Hall–Kier alpha value is -2.43. The van der Waals surface area contributed by atoms with Crippen molar-refractivity contribution >= 4 is 16.1 Å². The molecule has 158 valence electrons. The molecule has 2 unspecified atom stereocenters. The van der Waals surface area contributed by atoms with Gasteiger partial charge in [-0.05, 0) is 38.0 Å². The van der Waals surface area contributed by atoms with Gasteiger partial charge < -0.3 is 10.1 Å². The Labute approximate surface area is 171 Å². The second-order valence-electron chi connectivity index (χ2n) is 7.03. The summed E-state index contributed by atoms with van der Waals surface area (Å²) in [7, 11) is -0.785. The van der Waals surface area contributed by atoms with Gasteiger partial charge >= 0.3 is 0 Å². The maximum absolute atomic E-state index is 12.8. The van der Waals surface area contributed by atoms with Crippen molar-refractivity contribution < 1.29 is 17.9 Å². The van der Waals surface area contributed by atoms with Gasteiger partial charge in [-0.15, -0.1) is 0 Å². The van der Waals surface area contributed by atoms with Crippen LogP contribution in [0.4, 0.5) is 0 Å². The van der Waals surface area contributed by atoms with E-state index in [0.29, 0.717) is 19.5 Å². The van der Waals surface area contributed by atoms with Gasteiger partial charge in [0, 0.05) is 31.9 Å². The average molecular weight is 422 g/mol. The largest absolute Gasteiger partial charge is 0.497 e. The van der Waals surface area contributed by atoms with Crippen LogP contribution in [-0.4, -0.2) is 48.6 Å². The predicted octanol–water partition coefficient (Wildman–Crippen LogP) is 1.12. The summed E-state index contributed by atoms with van der Waals surface area (Å²) >= 11 is 0. The van der Waals surface area contributed by atoms with Crippen molar-refractivity contribution in [2.45, 2.75) is 45.4 Å². The van der Waals surface area contributed by atoms with Crippen LogP contribution in [0.3, 0.4) is 0 Å². The zero-order chi connectivity index (χ0) is 21.2. The number of carbonyl (C=O) groups excluding carboxylic acids is 1.